The number of carbonyl (C=O) groups excluding carboxylic acids is 1. The number of amides is 1. The molecule has 4 rings (SSSR count). The van der Waals surface area contributed by atoms with Gasteiger partial charge in [-0.2, -0.15) is 0 Å². The number of benzene rings is 1. The van der Waals surface area contributed by atoms with E-state index in [1.807, 2.05) is 29.1 Å². The van der Waals surface area contributed by atoms with Crippen LogP contribution in [0.3, 0.4) is 0 Å². The van der Waals surface area contributed by atoms with E-state index in [1.165, 1.54) is 23.9 Å². The van der Waals surface area contributed by atoms with E-state index in [0.29, 0.717) is 22.2 Å². The number of thiophene rings is 1. The molecule has 3 N–H and O–H groups in total. The van der Waals surface area contributed by atoms with Crippen LogP contribution in [0.1, 0.15) is 16.1 Å². The van der Waals surface area contributed by atoms with Gasteiger partial charge in [0.2, 0.25) is 5.91 Å². The molecule has 0 radical (unpaired) electrons. The average Bonchev–Trinajstić information content (AvgIpc) is 3.29. The van der Waals surface area contributed by atoms with Crippen LogP contribution >= 0.6 is 23.1 Å². The van der Waals surface area contributed by atoms with E-state index in [-0.39, 0.29) is 5.43 Å². The molecule has 0 atom stereocenters. The minimum Gasteiger partial charge on any atom is -0.366 e. The Morgan fingerprint density at radius 1 is 1.30 bits per heavy atom. The molecule has 0 saturated carbocycles. The van der Waals surface area contributed by atoms with Crippen molar-refractivity contribution in [2.75, 3.05) is 0 Å². The molecule has 7 nitrogen and oxygen atoms in total. The van der Waals surface area contributed by atoms with E-state index in [1.54, 1.807) is 23.5 Å². The van der Waals surface area contributed by atoms with Crippen molar-refractivity contribution in [2.45, 2.75) is 10.9 Å². The molecule has 0 aliphatic carbocycles. The van der Waals surface area contributed by atoms with Crippen molar-refractivity contribution in [1.29, 1.82) is 0 Å². The molecule has 0 unspecified atom stereocenters. The number of fused-ring (bicyclic) bond motifs is 1. The van der Waals surface area contributed by atoms with Gasteiger partial charge < -0.3 is 15.3 Å². The molecule has 1 amide bonds. The predicted molar refractivity (Wildman–Crippen MR) is 107 cm³/mol. The van der Waals surface area contributed by atoms with Crippen LogP contribution in [0, 0.1) is 0 Å². The number of carbonyl (C=O) groups is 1. The fraction of sp³-hybridized carbons (Fsp3) is 0.111. The molecule has 27 heavy (non-hydrogen) atoms. The Balaban J connectivity index is 1.59. The van der Waals surface area contributed by atoms with Crippen LogP contribution in [0.15, 0.2) is 51.7 Å². The first kappa shape index (κ1) is 17.5. The molecule has 0 aliphatic rings. The summed E-state index contributed by atoms with van der Waals surface area (Å²) in [5, 5.41) is 11.7. The third-order valence-corrected chi connectivity index (χ3v) is 6.04. The third-order valence-electron chi connectivity index (χ3n) is 4.10. The second-order valence-electron chi connectivity index (χ2n) is 5.91. The van der Waals surface area contributed by atoms with Crippen molar-refractivity contribution >= 4 is 39.9 Å². The molecule has 9 heteroatoms. The number of thioether (sulfide) groups is 1. The summed E-state index contributed by atoms with van der Waals surface area (Å²) in [6, 6.07) is 10.3. The van der Waals surface area contributed by atoms with Crippen LogP contribution in [0.2, 0.25) is 0 Å². The number of pyridine rings is 1. The monoisotopic (exact) mass is 397 g/mol. The second-order valence-corrected chi connectivity index (χ2v) is 7.80. The summed E-state index contributed by atoms with van der Waals surface area (Å²) >= 11 is 3.10. The average molecular weight is 397 g/mol. The van der Waals surface area contributed by atoms with Crippen molar-refractivity contribution in [3.05, 3.63) is 63.3 Å². The maximum absolute atomic E-state index is 12.4. The number of nitrogens with two attached hydrogens (primary N) is 1. The molecule has 0 saturated heterocycles. The van der Waals surface area contributed by atoms with Gasteiger partial charge in [0.15, 0.2) is 16.4 Å². The van der Waals surface area contributed by atoms with Crippen LogP contribution in [0.25, 0.3) is 21.6 Å². The minimum atomic E-state index is -0.556. The molecule has 4 aromatic rings. The predicted octanol–water partition coefficient (Wildman–Crippen LogP) is 2.78. The van der Waals surface area contributed by atoms with Crippen LogP contribution in [-0.2, 0) is 12.8 Å². The number of rotatable bonds is 5. The summed E-state index contributed by atoms with van der Waals surface area (Å²) in [4.78, 5) is 28.0. The van der Waals surface area contributed by atoms with Crippen LogP contribution in [0.5, 0.6) is 0 Å². The van der Waals surface area contributed by atoms with E-state index in [0.717, 1.165) is 21.6 Å². The summed E-state index contributed by atoms with van der Waals surface area (Å²) in [7, 11) is 1.92. The summed E-state index contributed by atoms with van der Waals surface area (Å²) in [6.45, 7) is 0. The smallest absolute Gasteiger partial charge is 0.248 e. The van der Waals surface area contributed by atoms with Gasteiger partial charge in [-0.3, -0.25) is 9.59 Å². The summed E-state index contributed by atoms with van der Waals surface area (Å²) in [6.07, 6.45) is 0. The number of H-pyrrole nitrogens is 1. The number of nitrogens with zero attached hydrogens (tertiary/aromatic N) is 3. The normalized spacial score (nSPS) is 11.1. The van der Waals surface area contributed by atoms with Crippen molar-refractivity contribution < 1.29 is 4.79 Å². The lowest BCUT2D eigenvalue weighted by molar-refractivity contribution is 0.100. The first-order valence-corrected chi connectivity index (χ1v) is 9.91. The number of hydrogen-bond acceptors (Lipinski definition) is 6. The van der Waals surface area contributed by atoms with Crippen LogP contribution in [0.4, 0.5) is 0 Å². The van der Waals surface area contributed by atoms with Gasteiger partial charge in [0.1, 0.15) is 0 Å². The van der Waals surface area contributed by atoms with E-state index < -0.39 is 5.91 Å². The zero-order valence-electron chi connectivity index (χ0n) is 14.3. The fourth-order valence-corrected chi connectivity index (χ4v) is 4.30. The zero-order chi connectivity index (χ0) is 19.0. The lowest BCUT2D eigenvalue weighted by Gasteiger charge is -2.06. The first-order chi connectivity index (χ1) is 13.0. The Morgan fingerprint density at radius 2 is 2.15 bits per heavy atom. The third kappa shape index (κ3) is 3.38. The van der Waals surface area contributed by atoms with Gasteiger partial charge in [0.25, 0.3) is 0 Å². The van der Waals surface area contributed by atoms with Crippen molar-refractivity contribution in [3.8, 4) is 10.7 Å². The van der Waals surface area contributed by atoms with Crippen molar-refractivity contribution in [3.63, 3.8) is 0 Å². The first-order valence-electron chi connectivity index (χ1n) is 8.05. The lowest BCUT2D eigenvalue weighted by atomic mass is 10.1. The van der Waals surface area contributed by atoms with Gasteiger partial charge in [0.05, 0.1) is 4.88 Å². The molecule has 0 fully saturated rings. The fourth-order valence-electron chi connectivity index (χ4n) is 2.74. The van der Waals surface area contributed by atoms with E-state index in [4.69, 9.17) is 5.73 Å². The maximum atomic E-state index is 12.4. The quantitative estimate of drug-likeness (QED) is 0.504. The number of aromatic nitrogens is 4. The Hall–Kier alpha value is -2.91. The Bertz CT molecular complexity index is 1190. The topological polar surface area (TPSA) is 107 Å². The standard InChI is InChI=1S/C18H15N5O2S2/c1-23-17(15-3-2-6-26-15)21-22-18(23)27-9-11-8-14(24)12-7-10(16(19)25)4-5-13(12)20-11/h2-8H,9H2,1H3,(H2,19,25)(H,20,24). The van der Waals surface area contributed by atoms with E-state index in [9.17, 15) is 9.59 Å². The van der Waals surface area contributed by atoms with Gasteiger partial charge >= 0.3 is 0 Å². The molecule has 0 spiro atoms. The van der Waals surface area contributed by atoms with E-state index in [2.05, 4.69) is 15.2 Å². The number of hydrogen-bond donors (Lipinski definition) is 2. The summed E-state index contributed by atoms with van der Waals surface area (Å²) in [5.74, 6) is 0.803. The Labute approximate surface area is 162 Å². The van der Waals surface area contributed by atoms with Crippen LogP contribution in [-0.4, -0.2) is 25.7 Å². The van der Waals surface area contributed by atoms with Gasteiger partial charge in [0, 0.05) is 41.0 Å². The minimum absolute atomic E-state index is 0.153. The molecule has 0 bridgehead atoms. The highest BCUT2D eigenvalue weighted by Gasteiger charge is 2.13. The summed E-state index contributed by atoms with van der Waals surface area (Å²) < 4.78 is 1.94. The van der Waals surface area contributed by atoms with Gasteiger partial charge in [-0.1, -0.05) is 17.8 Å². The highest BCUT2D eigenvalue weighted by atomic mass is 32.2. The number of aromatic amines is 1. The maximum Gasteiger partial charge on any atom is 0.248 e. The molecule has 3 heterocycles. The Kier molecular flexibility index (Phi) is 4.54. The molecular formula is C18H15N5O2S2. The summed E-state index contributed by atoms with van der Waals surface area (Å²) in [5.41, 5.74) is 6.88. The molecular weight excluding hydrogens is 382 g/mol. The van der Waals surface area contributed by atoms with Crippen molar-refractivity contribution in [1.82, 2.24) is 19.7 Å². The van der Waals surface area contributed by atoms with Gasteiger partial charge in [-0.25, -0.2) is 0 Å². The van der Waals surface area contributed by atoms with E-state index >= 15 is 0 Å². The second kappa shape index (κ2) is 7.01. The largest absolute Gasteiger partial charge is 0.366 e. The number of nitrogens with one attached hydrogen (secondary N) is 1. The molecule has 1 aromatic carbocycles. The van der Waals surface area contributed by atoms with Gasteiger partial charge in [-0.05, 0) is 29.6 Å². The Morgan fingerprint density at radius 3 is 2.89 bits per heavy atom. The number of primary amides is 1. The lowest BCUT2D eigenvalue weighted by Crippen LogP contribution is -2.12. The zero-order valence-corrected chi connectivity index (χ0v) is 15.9. The van der Waals surface area contributed by atoms with Crippen LogP contribution < -0.4 is 11.2 Å². The molecule has 136 valence electrons. The van der Waals surface area contributed by atoms with Crippen molar-refractivity contribution in [2.24, 2.45) is 12.8 Å². The highest BCUT2D eigenvalue weighted by Crippen LogP contribution is 2.27. The van der Waals surface area contributed by atoms with Gasteiger partial charge in [-0.15, -0.1) is 21.5 Å². The SMILES string of the molecule is Cn1c(SCc2cc(=O)c3cc(C(N)=O)ccc3[nH]2)nnc1-c1cccs1. The molecule has 0 aliphatic heterocycles. The highest BCUT2D eigenvalue weighted by molar-refractivity contribution is 7.98. The molecule has 3 aromatic heterocycles.